The molecule has 17 heavy (non-hydrogen) atoms. The largest absolute Gasteiger partial charge is 0.486 e. The van der Waals surface area contributed by atoms with Gasteiger partial charge in [-0.3, -0.25) is 0 Å². The maximum atomic E-state index is 8.81. The minimum absolute atomic E-state index is 0.0126. The van der Waals surface area contributed by atoms with Gasteiger partial charge in [0.15, 0.2) is 0 Å². The van der Waals surface area contributed by atoms with Gasteiger partial charge in [-0.25, -0.2) is 0 Å². The molecule has 1 aromatic rings. The van der Waals surface area contributed by atoms with Crippen molar-refractivity contribution in [2.24, 2.45) is 5.92 Å². The van der Waals surface area contributed by atoms with Gasteiger partial charge in [0.1, 0.15) is 11.4 Å². The van der Waals surface area contributed by atoms with Crippen molar-refractivity contribution in [2.75, 3.05) is 6.54 Å². The second kappa shape index (κ2) is 4.38. The van der Waals surface area contributed by atoms with Gasteiger partial charge >= 0.3 is 0 Å². The Labute approximate surface area is 102 Å². The fourth-order valence-electron chi connectivity index (χ4n) is 2.22. The summed E-state index contributed by atoms with van der Waals surface area (Å²) in [6.45, 7) is 6.74. The van der Waals surface area contributed by atoms with Gasteiger partial charge in [0.05, 0.1) is 18.0 Å². The normalized spacial score (nSPS) is 22.4. The molecule has 1 aliphatic heterocycles. The first-order chi connectivity index (χ1) is 8.04. The molecule has 0 spiro atoms. The number of hydrogen-bond donors (Lipinski definition) is 1. The maximum Gasteiger partial charge on any atom is 0.125 e. The summed E-state index contributed by atoms with van der Waals surface area (Å²) in [5, 5.41) is 12.2. The van der Waals surface area contributed by atoms with E-state index in [0.717, 1.165) is 5.75 Å². The number of para-hydroxylation sites is 1. The SMILES string of the molecule is CC(C#N)CNC1c2ccccc2OC1(C)C. The minimum atomic E-state index is -0.265. The number of ether oxygens (including phenoxy) is 1. The number of fused-ring (bicyclic) bond motifs is 1. The van der Waals surface area contributed by atoms with E-state index in [0.29, 0.717) is 6.54 Å². The van der Waals surface area contributed by atoms with Crippen LogP contribution in [-0.4, -0.2) is 12.1 Å². The van der Waals surface area contributed by atoms with E-state index in [1.807, 2.05) is 25.1 Å². The molecule has 90 valence electrons. The van der Waals surface area contributed by atoms with E-state index in [-0.39, 0.29) is 17.6 Å². The second-order valence-electron chi connectivity index (χ2n) is 5.11. The van der Waals surface area contributed by atoms with Crippen molar-refractivity contribution < 1.29 is 4.74 Å². The molecule has 3 heteroatoms. The van der Waals surface area contributed by atoms with Crippen molar-refractivity contribution in [3.63, 3.8) is 0 Å². The summed E-state index contributed by atoms with van der Waals surface area (Å²) < 4.78 is 5.93. The predicted molar refractivity (Wildman–Crippen MR) is 66.7 cm³/mol. The second-order valence-corrected chi connectivity index (χ2v) is 5.11. The van der Waals surface area contributed by atoms with Gasteiger partial charge in [0.2, 0.25) is 0 Å². The van der Waals surface area contributed by atoms with Crippen molar-refractivity contribution in [1.29, 1.82) is 5.26 Å². The smallest absolute Gasteiger partial charge is 0.125 e. The molecule has 2 rings (SSSR count). The number of hydrogen-bond acceptors (Lipinski definition) is 3. The lowest BCUT2D eigenvalue weighted by molar-refractivity contribution is 0.0957. The number of nitriles is 1. The van der Waals surface area contributed by atoms with Crippen LogP contribution in [0.3, 0.4) is 0 Å². The zero-order chi connectivity index (χ0) is 12.5. The highest BCUT2D eigenvalue weighted by atomic mass is 16.5. The van der Waals surface area contributed by atoms with Crippen LogP contribution in [0, 0.1) is 17.2 Å². The molecule has 1 aliphatic rings. The van der Waals surface area contributed by atoms with E-state index >= 15 is 0 Å². The molecule has 1 heterocycles. The van der Waals surface area contributed by atoms with Crippen LogP contribution >= 0.6 is 0 Å². The minimum Gasteiger partial charge on any atom is -0.486 e. The zero-order valence-electron chi connectivity index (χ0n) is 10.5. The van der Waals surface area contributed by atoms with Gasteiger partial charge in [-0.2, -0.15) is 5.26 Å². The van der Waals surface area contributed by atoms with Gasteiger partial charge < -0.3 is 10.1 Å². The zero-order valence-corrected chi connectivity index (χ0v) is 10.5. The summed E-state index contributed by atoms with van der Waals surface area (Å²) in [6, 6.07) is 10.5. The Morgan fingerprint density at radius 2 is 2.18 bits per heavy atom. The van der Waals surface area contributed by atoms with Crippen molar-refractivity contribution >= 4 is 0 Å². The third kappa shape index (κ3) is 2.27. The Balaban J connectivity index is 2.18. The number of benzene rings is 1. The lowest BCUT2D eigenvalue weighted by atomic mass is 9.94. The van der Waals surface area contributed by atoms with Crippen LogP contribution in [0.2, 0.25) is 0 Å². The first-order valence-corrected chi connectivity index (χ1v) is 5.95. The molecule has 0 bridgehead atoms. The molecule has 2 atom stereocenters. The first-order valence-electron chi connectivity index (χ1n) is 5.95. The van der Waals surface area contributed by atoms with Crippen molar-refractivity contribution in [2.45, 2.75) is 32.4 Å². The quantitative estimate of drug-likeness (QED) is 0.868. The lowest BCUT2D eigenvalue weighted by Gasteiger charge is -2.27. The molecule has 0 fully saturated rings. The molecular formula is C14H18N2O. The maximum absolute atomic E-state index is 8.81. The Kier molecular flexibility index (Phi) is 3.08. The third-order valence-corrected chi connectivity index (χ3v) is 3.15. The molecule has 0 saturated heterocycles. The van der Waals surface area contributed by atoms with E-state index in [1.54, 1.807) is 0 Å². The standard InChI is InChI=1S/C14H18N2O/c1-10(8-15)9-16-13-11-6-4-5-7-12(11)17-14(13,2)3/h4-7,10,13,16H,9H2,1-3H3. The average Bonchev–Trinajstić information content (AvgIpc) is 2.56. The monoisotopic (exact) mass is 230 g/mol. The van der Waals surface area contributed by atoms with Crippen LogP contribution in [0.15, 0.2) is 24.3 Å². The molecule has 0 saturated carbocycles. The summed E-state index contributed by atoms with van der Waals surface area (Å²) in [7, 11) is 0. The van der Waals surface area contributed by atoms with Crippen LogP contribution in [0.4, 0.5) is 0 Å². The van der Waals surface area contributed by atoms with E-state index < -0.39 is 0 Å². The van der Waals surface area contributed by atoms with Crippen LogP contribution in [-0.2, 0) is 0 Å². The fourth-order valence-corrected chi connectivity index (χ4v) is 2.22. The molecule has 3 nitrogen and oxygen atoms in total. The van der Waals surface area contributed by atoms with Crippen LogP contribution in [0.25, 0.3) is 0 Å². The molecule has 0 aliphatic carbocycles. The van der Waals surface area contributed by atoms with E-state index in [1.165, 1.54) is 5.56 Å². The Hall–Kier alpha value is -1.53. The number of nitrogens with zero attached hydrogens (tertiary/aromatic N) is 1. The van der Waals surface area contributed by atoms with E-state index in [9.17, 15) is 0 Å². The molecule has 1 N–H and O–H groups in total. The van der Waals surface area contributed by atoms with Gasteiger partial charge in [-0.1, -0.05) is 18.2 Å². The summed E-state index contributed by atoms with van der Waals surface area (Å²) in [4.78, 5) is 0. The molecule has 0 aromatic heterocycles. The molecule has 2 unspecified atom stereocenters. The van der Waals surface area contributed by atoms with E-state index in [2.05, 4.69) is 31.3 Å². The Morgan fingerprint density at radius 1 is 1.47 bits per heavy atom. The third-order valence-electron chi connectivity index (χ3n) is 3.15. The van der Waals surface area contributed by atoms with Gasteiger partial charge in [0, 0.05) is 12.1 Å². The van der Waals surface area contributed by atoms with Crippen molar-refractivity contribution in [1.82, 2.24) is 5.32 Å². The predicted octanol–water partition coefficient (Wildman–Crippen LogP) is 2.65. The van der Waals surface area contributed by atoms with Crippen LogP contribution in [0.1, 0.15) is 32.4 Å². The highest BCUT2D eigenvalue weighted by molar-refractivity contribution is 5.42. The number of nitrogens with one attached hydrogen (secondary N) is 1. The Bertz CT molecular complexity index is 448. The fraction of sp³-hybridized carbons (Fsp3) is 0.500. The molecular weight excluding hydrogens is 212 g/mol. The Morgan fingerprint density at radius 3 is 2.88 bits per heavy atom. The highest BCUT2D eigenvalue weighted by Gasteiger charge is 2.40. The summed E-state index contributed by atoms with van der Waals surface area (Å²) in [6.07, 6.45) is 0. The van der Waals surface area contributed by atoms with Crippen LogP contribution < -0.4 is 10.1 Å². The van der Waals surface area contributed by atoms with Gasteiger partial charge in [-0.05, 0) is 26.8 Å². The van der Waals surface area contributed by atoms with Crippen molar-refractivity contribution in [3.05, 3.63) is 29.8 Å². The van der Waals surface area contributed by atoms with Gasteiger partial charge in [-0.15, -0.1) is 0 Å². The topological polar surface area (TPSA) is 45.0 Å². The lowest BCUT2D eigenvalue weighted by Crippen LogP contribution is -2.40. The first kappa shape index (κ1) is 11.9. The molecule has 1 aromatic carbocycles. The summed E-state index contributed by atoms with van der Waals surface area (Å²) in [5.74, 6) is 0.957. The average molecular weight is 230 g/mol. The summed E-state index contributed by atoms with van der Waals surface area (Å²) in [5.41, 5.74) is 0.918. The molecule has 0 amide bonds. The molecule has 0 radical (unpaired) electrons. The van der Waals surface area contributed by atoms with Gasteiger partial charge in [0.25, 0.3) is 0 Å². The highest BCUT2D eigenvalue weighted by Crippen LogP contribution is 2.42. The van der Waals surface area contributed by atoms with Crippen LogP contribution in [0.5, 0.6) is 5.75 Å². The van der Waals surface area contributed by atoms with E-state index in [4.69, 9.17) is 10.00 Å². The summed E-state index contributed by atoms with van der Waals surface area (Å²) >= 11 is 0. The van der Waals surface area contributed by atoms with Crippen molar-refractivity contribution in [3.8, 4) is 11.8 Å². The number of rotatable bonds is 3.